The third-order valence-corrected chi connectivity index (χ3v) is 6.02. The second-order valence-electron chi connectivity index (χ2n) is 6.86. The van der Waals surface area contributed by atoms with E-state index >= 15 is 0 Å². The molecule has 1 N–H and O–H groups in total. The first-order chi connectivity index (χ1) is 12.8. The highest BCUT2D eigenvalue weighted by Crippen LogP contribution is 2.35. The lowest BCUT2D eigenvalue weighted by molar-refractivity contribution is -0.121. The molecular formula is C19H20N2O5S. The van der Waals surface area contributed by atoms with E-state index in [9.17, 15) is 13.2 Å². The van der Waals surface area contributed by atoms with Crippen LogP contribution < -0.4 is 19.1 Å². The molecule has 4 rings (SSSR count). The van der Waals surface area contributed by atoms with Gasteiger partial charge in [-0.3, -0.25) is 9.52 Å². The Morgan fingerprint density at radius 1 is 1.11 bits per heavy atom. The maximum Gasteiger partial charge on any atom is 0.262 e. The zero-order valence-electron chi connectivity index (χ0n) is 15.1. The Morgan fingerprint density at radius 3 is 2.67 bits per heavy atom. The van der Waals surface area contributed by atoms with Gasteiger partial charge in [-0.25, -0.2) is 8.42 Å². The first-order valence-corrected chi connectivity index (χ1v) is 10.2. The Balaban J connectivity index is 1.58. The van der Waals surface area contributed by atoms with E-state index in [0.29, 0.717) is 30.2 Å². The van der Waals surface area contributed by atoms with Crippen molar-refractivity contribution in [3.8, 4) is 11.5 Å². The van der Waals surface area contributed by atoms with Crippen LogP contribution in [-0.4, -0.2) is 27.7 Å². The summed E-state index contributed by atoms with van der Waals surface area (Å²) in [5.41, 5.74) is 2.26. The van der Waals surface area contributed by atoms with Gasteiger partial charge in [-0.1, -0.05) is 13.8 Å². The maximum absolute atomic E-state index is 12.7. The molecule has 0 aliphatic carbocycles. The molecule has 8 heteroatoms. The SMILES string of the molecule is CC(C)C(=O)N1CCc2cc(NS(=O)(=O)c3ccc4c(c3)OCO4)ccc21. The van der Waals surface area contributed by atoms with Crippen molar-refractivity contribution in [2.45, 2.75) is 25.2 Å². The van der Waals surface area contributed by atoms with Gasteiger partial charge in [0.2, 0.25) is 12.7 Å². The van der Waals surface area contributed by atoms with E-state index < -0.39 is 10.0 Å². The Morgan fingerprint density at radius 2 is 1.89 bits per heavy atom. The van der Waals surface area contributed by atoms with Gasteiger partial charge < -0.3 is 14.4 Å². The van der Waals surface area contributed by atoms with Crippen LogP contribution in [0.2, 0.25) is 0 Å². The van der Waals surface area contributed by atoms with Crippen molar-refractivity contribution in [3.63, 3.8) is 0 Å². The highest BCUT2D eigenvalue weighted by Gasteiger charge is 2.27. The van der Waals surface area contributed by atoms with Gasteiger partial charge in [-0.15, -0.1) is 0 Å². The topological polar surface area (TPSA) is 84.9 Å². The molecule has 2 aliphatic heterocycles. The van der Waals surface area contributed by atoms with Crippen LogP contribution in [0.15, 0.2) is 41.3 Å². The first kappa shape index (κ1) is 17.7. The highest BCUT2D eigenvalue weighted by atomic mass is 32.2. The Kier molecular flexibility index (Phi) is 4.22. The molecule has 2 heterocycles. The number of ether oxygens (including phenoxy) is 2. The summed E-state index contributed by atoms with van der Waals surface area (Å²) in [6, 6.07) is 9.76. The number of rotatable bonds is 4. The summed E-state index contributed by atoms with van der Waals surface area (Å²) in [6.45, 7) is 4.44. The molecule has 0 bridgehead atoms. The number of carbonyl (C=O) groups is 1. The quantitative estimate of drug-likeness (QED) is 0.871. The summed E-state index contributed by atoms with van der Waals surface area (Å²) in [4.78, 5) is 14.2. The van der Waals surface area contributed by atoms with Crippen molar-refractivity contribution in [2.75, 3.05) is 23.0 Å². The van der Waals surface area contributed by atoms with Crippen molar-refractivity contribution in [1.82, 2.24) is 0 Å². The number of hydrogen-bond acceptors (Lipinski definition) is 5. The van der Waals surface area contributed by atoms with Crippen LogP contribution in [0.25, 0.3) is 0 Å². The van der Waals surface area contributed by atoms with Crippen LogP contribution in [0, 0.1) is 5.92 Å². The monoisotopic (exact) mass is 388 g/mol. The summed E-state index contributed by atoms with van der Waals surface area (Å²) in [5, 5.41) is 0. The molecule has 0 spiro atoms. The highest BCUT2D eigenvalue weighted by molar-refractivity contribution is 7.92. The second-order valence-corrected chi connectivity index (χ2v) is 8.54. The Labute approximate surface area is 157 Å². The summed E-state index contributed by atoms with van der Waals surface area (Å²) in [6.07, 6.45) is 0.702. The lowest BCUT2D eigenvalue weighted by atomic mass is 10.1. The number of sulfonamides is 1. The van der Waals surface area contributed by atoms with E-state index in [1.807, 2.05) is 13.8 Å². The van der Waals surface area contributed by atoms with Crippen LogP contribution in [0.3, 0.4) is 0 Å². The smallest absolute Gasteiger partial charge is 0.262 e. The van der Waals surface area contributed by atoms with Gasteiger partial charge in [-0.2, -0.15) is 0 Å². The van der Waals surface area contributed by atoms with E-state index in [-0.39, 0.29) is 23.5 Å². The molecule has 2 aromatic rings. The molecule has 7 nitrogen and oxygen atoms in total. The summed E-state index contributed by atoms with van der Waals surface area (Å²) >= 11 is 0. The van der Waals surface area contributed by atoms with E-state index in [1.54, 1.807) is 29.2 Å². The molecule has 1 amide bonds. The third kappa shape index (κ3) is 3.21. The van der Waals surface area contributed by atoms with E-state index in [1.165, 1.54) is 12.1 Å². The van der Waals surface area contributed by atoms with Crippen LogP contribution in [0.5, 0.6) is 11.5 Å². The predicted octanol–water partition coefficient (Wildman–Crippen LogP) is 2.76. The van der Waals surface area contributed by atoms with Crippen molar-refractivity contribution in [2.24, 2.45) is 5.92 Å². The average molecular weight is 388 g/mol. The zero-order chi connectivity index (χ0) is 19.2. The van der Waals surface area contributed by atoms with Crippen molar-refractivity contribution in [1.29, 1.82) is 0 Å². The van der Waals surface area contributed by atoms with Gasteiger partial charge in [0.05, 0.1) is 4.90 Å². The molecule has 142 valence electrons. The van der Waals surface area contributed by atoms with Crippen LogP contribution in [0.1, 0.15) is 19.4 Å². The fraction of sp³-hybridized carbons (Fsp3) is 0.316. The number of nitrogens with zero attached hydrogens (tertiary/aromatic N) is 1. The minimum absolute atomic E-state index is 0.0717. The second kappa shape index (κ2) is 6.45. The molecule has 0 unspecified atom stereocenters. The Hall–Kier alpha value is -2.74. The van der Waals surface area contributed by atoms with E-state index in [2.05, 4.69) is 4.72 Å². The fourth-order valence-corrected chi connectivity index (χ4v) is 4.33. The lowest BCUT2D eigenvalue weighted by Gasteiger charge is -2.19. The first-order valence-electron chi connectivity index (χ1n) is 8.72. The molecular weight excluding hydrogens is 368 g/mol. The molecule has 0 saturated heterocycles. The number of hydrogen-bond donors (Lipinski definition) is 1. The van der Waals surface area contributed by atoms with Crippen molar-refractivity contribution >= 4 is 27.3 Å². The molecule has 0 saturated carbocycles. The number of nitrogens with one attached hydrogen (secondary N) is 1. The van der Waals surface area contributed by atoms with E-state index in [0.717, 1.165) is 11.3 Å². The fourth-order valence-electron chi connectivity index (χ4n) is 3.26. The van der Waals surface area contributed by atoms with Crippen LogP contribution in [-0.2, 0) is 21.2 Å². The third-order valence-electron chi connectivity index (χ3n) is 4.64. The van der Waals surface area contributed by atoms with Gasteiger partial charge in [0.25, 0.3) is 10.0 Å². The number of anilines is 2. The van der Waals surface area contributed by atoms with Gasteiger partial charge in [0.1, 0.15) is 0 Å². The minimum Gasteiger partial charge on any atom is -0.454 e. The summed E-state index contributed by atoms with van der Waals surface area (Å²) < 4.78 is 38.4. The lowest BCUT2D eigenvalue weighted by Crippen LogP contribution is -2.32. The zero-order valence-corrected chi connectivity index (χ0v) is 15.9. The summed E-state index contributed by atoms with van der Waals surface area (Å²) in [5.74, 6) is 0.929. The average Bonchev–Trinajstić information content (AvgIpc) is 3.26. The number of benzene rings is 2. The van der Waals surface area contributed by atoms with Gasteiger partial charge >= 0.3 is 0 Å². The van der Waals surface area contributed by atoms with E-state index in [4.69, 9.17) is 9.47 Å². The standard InChI is InChI=1S/C19H20N2O5S/c1-12(2)19(22)21-8-7-13-9-14(3-5-16(13)21)20-27(23,24)15-4-6-17-18(10-15)26-11-25-17/h3-6,9-10,12,20H,7-8,11H2,1-2H3. The maximum atomic E-state index is 12.7. The molecule has 0 aromatic heterocycles. The van der Waals surface area contributed by atoms with Crippen LogP contribution in [0.4, 0.5) is 11.4 Å². The molecule has 2 aliphatic rings. The van der Waals surface area contributed by atoms with Gasteiger partial charge in [0.15, 0.2) is 11.5 Å². The normalized spacial score (nSPS) is 15.1. The molecule has 0 radical (unpaired) electrons. The van der Waals surface area contributed by atoms with Gasteiger partial charge in [-0.05, 0) is 42.3 Å². The largest absolute Gasteiger partial charge is 0.454 e. The molecule has 27 heavy (non-hydrogen) atoms. The number of amides is 1. The number of fused-ring (bicyclic) bond motifs is 2. The molecule has 2 aromatic carbocycles. The van der Waals surface area contributed by atoms with Crippen molar-refractivity contribution in [3.05, 3.63) is 42.0 Å². The van der Waals surface area contributed by atoms with Crippen molar-refractivity contribution < 1.29 is 22.7 Å². The number of carbonyl (C=O) groups excluding carboxylic acids is 1. The summed E-state index contributed by atoms with van der Waals surface area (Å²) in [7, 11) is -3.76. The Bertz CT molecular complexity index is 1020. The minimum atomic E-state index is -3.76. The van der Waals surface area contributed by atoms with Gasteiger partial charge in [0, 0.05) is 29.9 Å². The predicted molar refractivity (Wildman–Crippen MR) is 101 cm³/mol. The molecule has 0 fully saturated rings. The molecule has 0 atom stereocenters. The van der Waals surface area contributed by atoms with Crippen LogP contribution >= 0.6 is 0 Å².